The van der Waals surface area contributed by atoms with Crippen LogP contribution in [-0.2, 0) is 0 Å². The number of rotatable bonds is 7. The third kappa shape index (κ3) is 5.57. The van der Waals surface area contributed by atoms with Gasteiger partial charge in [0.25, 0.3) is 0 Å². The van der Waals surface area contributed by atoms with Gasteiger partial charge in [-0.2, -0.15) is 0 Å². The molecule has 5 aromatic rings. The molecule has 0 bridgehead atoms. The molecule has 1 heteroatoms. The van der Waals surface area contributed by atoms with Gasteiger partial charge < -0.3 is 5.32 Å². The lowest BCUT2D eigenvalue weighted by molar-refractivity contribution is 0.540. The van der Waals surface area contributed by atoms with E-state index in [0.29, 0.717) is 6.04 Å². The van der Waals surface area contributed by atoms with E-state index in [4.69, 9.17) is 0 Å². The van der Waals surface area contributed by atoms with Crippen molar-refractivity contribution in [3.63, 3.8) is 0 Å². The predicted octanol–water partition coefficient (Wildman–Crippen LogP) is 9.94. The molecule has 0 spiro atoms. The summed E-state index contributed by atoms with van der Waals surface area (Å²) < 4.78 is 0. The normalized spacial score (nSPS) is 16.6. The van der Waals surface area contributed by atoms with Crippen LogP contribution < -0.4 is 5.32 Å². The minimum Gasteiger partial charge on any atom is -0.313 e. The van der Waals surface area contributed by atoms with Crippen LogP contribution in [0, 0.1) is 13.8 Å². The fraction of sp³-hybridized carbons (Fsp3) is 0.179. The van der Waals surface area contributed by atoms with Crippen molar-refractivity contribution in [2.45, 2.75) is 38.6 Å². The molecule has 5 aromatic carbocycles. The molecule has 1 N–H and O–H groups in total. The van der Waals surface area contributed by atoms with E-state index in [1.807, 2.05) is 6.08 Å². The maximum Gasteiger partial charge on any atom is 0.0243 e. The van der Waals surface area contributed by atoms with Crippen LogP contribution in [0.5, 0.6) is 0 Å². The summed E-state index contributed by atoms with van der Waals surface area (Å²) in [5.41, 5.74) is 8.89. The first-order valence-corrected chi connectivity index (χ1v) is 14.4. The minimum absolute atomic E-state index is 0.262. The molecular formula is C39H37N. The summed E-state index contributed by atoms with van der Waals surface area (Å²) in [4.78, 5) is 0. The SMILES string of the molecule is C=C/C(=C\C=C\c1ccc2cc(C)ccc2c1)C(c1ccc(-c2ccc3cc(C)ccc3c2)cc1)C1CCCN1. The fourth-order valence-corrected chi connectivity index (χ4v) is 6.14. The van der Waals surface area contributed by atoms with Crippen LogP contribution in [0.25, 0.3) is 38.7 Å². The first-order valence-electron chi connectivity index (χ1n) is 14.4. The van der Waals surface area contributed by atoms with Gasteiger partial charge in [0.05, 0.1) is 0 Å². The Morgan fingerprint density at radius 2 is 1.38 bits per heavy atom. The van der Waals surface area contributed by atoms with E-state index >= 15 is 0 Å². The van der Waals surface area contributed by atoms with Crippen LogP contribution in [0.4, 0.5) is 0 Å². The van der Waals surface area contributed by atoms with Crippen molar-refractivity contribution in [2.24, 2.45) is 0 Å². The van der Waals surface area contributed by atoms with Gasteiger partial charge in [-0.15, -0.1) is 0 Å². The summed E-state index contributed by atoms with van der Waals surface area (Å²) in [5.74, 6) is 0.262. The van der Waals surface area contributed by atoms with Crippen molar-refractivity contribution in [2.75, 3.05) is 6.54 Å². The number of fused-ring (bicyclic) bond motifs is 2. The molecule has 2 unspecified atom stereocenters. The zero-order valence-electron chi connectivity index (χ0n) is 23.5. The van der Waals surface area contributed by atoms with Crippen LogP contribution in [0.1, 0.15) is 41.0 Å². The van der Waals surface area contributed by atoms with E-state index in [-0.39, 0.29) is 5.92 Å². The van der Waals surface area contributed by atoms with E-state index in [2.05, 4.69) is 141 Å². The molecule has 1 aliphatic heterocycles. The summed E-state index contributed by atoms with van der Waals surface area (Å²) in [7, 11) is 0. The largest absolute Gasteiger partial charge is 0.313 e. The Kier molecular flexibility index (Phi) is 7.49. The lowest BCUT2D eigenvalue weighted by Gasteiger charge is -2.26. The smallest absolute Gasteiger partial charge is 0.0243 e. The second kappa shape index (κ2) is 11.5. The molecule has 1 aliphatic rings. The first kappa shape index (κ1) is 26.0. The molecule has 0 aliphatic carbocycles. The highest BCUT2D eigenvalue weighted by Gasteiger charge is 2.27. The molecule has 2 atom stereocenters. The van der Waals surface area contributed by atoms with Crippen molar-refractivity contribution in [3.8, 4) is 11.1 Å². The number of hydrogen-bond donors (Lipinski definition) is 1. The standard InChI is InChI=1S/C39H37N/c1-4-30(8-5-7-29-12-15-33-23-27(2)10-13-35(33)25-29)39(38-9-6-22-40-38)32-18-16-31(17-19-32)36-21-20-34-24-28(3)11-14-37(34)26-36/h4-5,7-8,10-21,23-26,38-40H,1,6,9,22H2,2-3H3/b7-5+,30-8+. The van der Waals surface area contributed by atoms with E-state index < -0.39 is 0 Å². The van der Waals surface area contributed by atoms with E-state index in [1.165, 1.54) is 73.3 Å². The molecule has 1 heterocycles. The lowest BCUT2D eigenvalue weighted by Crippen LogP contribution is -2.29. The Morgan fingerprint density at radius 1 is 0.750 bits per heavy atom. The molecular weight excluding hydrogens is 482 g/mol. The van der Waals surface area contributed by atoms with Crippen molar-refractivity contribution >= 4 is 27.6 Å². The molecule has 1 saturated heterocycles. The van der Waals surface area contributed by atoms with Crippen LogP contribution in [0.2, 0.25) is 0 Å². The average molecular weight is 520 g/mol. The van der Waals surface area contributed by atoms with Crippen molar-refractivity contribution in [1.29, 1.82) is 0 Å². The van der Waals surface area contributed by atoms with Gasteiger partial charge in [-0.25, -0.2) is 0 Å². The van der Waals surface area contributed by atoms with Gasteiger partial charge in [-0.05, 0) is 94.7 Å². The molecule has 0 amide bonds. The maximum atomic E-state index is 4.22. The Morgan fingerprint density at radius 3 is 2.05 bits per heavy atom. The molecule has 1 nitrogen and oxygen atoms in total. The number of aryl methyl sites for hydroxylation is 2. The van der Waals surface area contributed by atoms with E-state index in [1.54, 1.807) is 0 Å². The Labute approximate surface area is 238 Å². The highest BCUT2D eigenvalue weighted by Crippen LogP contribution is 2.35. The summed E-state index contributed by atoms with van der Waals surface area (Å²) in [6, 6.07) is 36.3. The zero-order chi connectivity index (χ0) is 27.5. The lowest BCUT2D eigenvalue weighted by atomic mass is 9.83. The highest BCUT2D eigenvalue weighted by atomic mass is 14.9. The zero-order valence-corrected chi connectivity index (χ0v) is 23.5. The summed E-state index contributed by atoms with van der Waals surface area (Å²) in [5, 5.41) is 8.90. The highest BCUT2D eigenvalue weighted by molar-refractivity contribution is 5.88. The second-order valence-corrected chi connectivity index (χ2v) is 11.2. The van der Waals surface area contributed by atoms with Gasteiger partial charge in [0, 0.05) is 12.0 Å². The Balaban J connectivity index is 1.28. The van der Waals surface area contributed by atoms with Crippen molar-refractivity contribution in [3.05, 3.63) is 150 Å². The van der Waals surface area contributed by atoms with Crippen LogP contribution in [-0.4, -0.2) is 12.6 Å². The van der Waals surface area contributed by atoms with Gasteiger partial charge in [0.15, 0.2) is 0 Å². The molecule has 40 heavy (non-hydrogen) atoms. The Hall–Kier alpha value is -4.20. The minimum atomic E-state index is 0.262. The topological polar surface area (TPSA) is 12.0 Å². The first-order chi connectivity index (χ1) is 19.6. The molecule has 0 radical (unpaired) electrons. The van der Waals surface area contributed by atoms with Gasteiger partial charge in [-0.1, -0.05) is 127 Å². The number of allylic oxidation sites excluding steroid dienone is 3. The van der Waals surface area contributed by atoms with Crippen molar-refractivity contribution < 1.29 is 0 Å². The summed E-state index contributed by atoms with van der Waals surface area (Å²) >= 11 is 0. The van der Waals surface area contributed by atoms with E-state index in [9.17, 15) is 0 Å². The molecule has 6 rings (SSSR count). The third-order valence-corrected chi connectivity index (χ3v) is 8.29. The molecule has 1 fully saturated rings. The average Bonchev–Trinajstić information content (AvgIpc) is 3.51. The fourth-order valence-electron chi connectivity index (χ4n) is 6.14. The van der Waals surface area contributed by atoms with Gasteiger partial charge in [0.1, 0.15) is 0 Å². The predicted molar refractivity (Wildman–Crippen MR) is 174 cm³/mol. The monoisotopic (exact) mass is 519 g/mol. The van der Waals surface area contributed by atoms with E-state index in [0.717, 1.165) is 6.54 Å². The van der Waals surface area contributed by atoms with Crippen LogP contribution in [0.3, 0.4) is 0 Å². The Bertz CT molecular complexity index is 1730. The van der Waals surface area contributed by atoms with Gasteiger partial charge in [-0.3, -0.25) is 0 Å². The molecule has 198 valence electrons. The number of benzene rings is 5. The summed E-state index contributed by atoms with van der Waals surface area (Å²) in [6.07, 6.45) is 11.1. The van der Waals surface area contributed by atoms with Crippen LogP contribution in [0.15, 0.2) is 127 Å². The number of nitrogens with one attached hydrogen (secondary N) is 1. The maximum absolute atomic E-state index is 4.22. The van der Waals surface area contributed by atoms with Crippen molar-refractivity contribution in [1.82, 2.24) is 5.32 Å². The van der Waals surface area contributed by atoms with Crippen LogP contribution >= 0.6 is 0 Å². The van der Waals surface area contributed by atoms with Gasteiger partial charge >= 0.3 is 0 Å². The summed E-state index contributed by atoms with van der Waals surface area (Å²) in [6.45, 7) is 9.59. The third-order valence-electron chi connectivity index (χ3n) is 8.29. The number of hydrogen-bond acceptors (Lipinski definition) is 1. The quantitative estimate of drug-likeness (QED) is 0.211. The second-order valence-electron chi connectivity index (χ2n) is 11.2. The molecule has 0 aromatic heterocycles. The van der Waals surface area contributed by atoms with Gasteiger partial charge in [0.2, 0.25) is 0 Å². The molecule has 0 saturated carbocycles.